The van der Waals surface area contributed by atoms with Gasteiger partial charge in [-0.05, 0) is 54.2 Å². The maximum Gasteiger partial charge on any atom is 0.243 e. The summed E-state index contributed by atoms with van der Waals surface area (Å²) >= 11 is 0. The average Bonchev–Trinajstić information content (AvgIpc) is 2.82. The fourth-order valence-electron chi connectivity index (χ4n) is 4.31. The quantitative estimate of drug-likeness (QED) is 0.422. The van der Waals surface area contributed by atoms with Crippen molar-refractivity contribution < 1.29 is 8.42 Å². The topological polar surface area (TPSA) is 37.4 Å². The number of hydrogen-bond donors (Lipinski definition) is 0. The Morgan fingerprint density at radius 1 is 0.875 bits per heavy atom. The molecule has 0 aliphatic heterocycles. The van der Waals surface area contributed by atoms with Gasteiger partial charge in [-0.1, -0.05) is 91.5 Å². The summed E-state index contributed by atoms with van der Waals surface area (Å²) < 4.78 is 29.0. The van der Waals surface area contributed by atoms with Crippen LogP contribution in [-0.4, -0.2) is 25.3 Å². The first kappa shape index (κ1) is 22.3. The normalized spacial score (nSPS) is 16.4. The smallest absolute Gasteiger partial charge is 0.207 e. The van der Waals surface area contributed by atoms with Crippen LogP contribution in [-0.2, 0) is 10.0 Å². The van der Waals surface area contributed by atoms with Crippen molar-refractivity contribution in [2.75, 3.05) is 6.54 Å². The molecule has 0 aromatic heterocycles. The zero-order valence-corrected chi connectivity index (χ0v) is 19.3. The highest BCUT2D eigenvalue weighted by Crippen LogP contribution is 2.39. The van der Waals surface area contributed by atoms with Gasteiger partial charge in [0, 0.05) is 12.5 Å². The summed E-state index contributed by atoms with van der Waals surface area (Å²) in [5, 5.41) is 0. The van der Waals surface area contributed by atoms with Crippen LogP contribution in [0.15, 0.2) is 114 Å². The maximum absolute atomic E-state index is 13.7. The van der Waals surface area contributed by atoms with Crippen LogP contribution < -0.4 is 0 Å². The van der Waals surface area contributed by atoms with Crippen LogP contribution in [0.3, 0.4) is 0 Å². The van der Waals surface area contributed by atoms with E-state index in [0.717, 1.165) is 16.7 Å². The molecule has 4 rings (SSSR count). The summed E-state index contributed by atoms with van der Waals surface area (Å²) in [6, 6.07) is 27.4. The zero-order chi connectivity index (χ0) is 22.7. The molecule has 1 saturated carbocycles. The first-order valence-corrected chi connectivity index (χ1v) is 12.4. The second kappa shape index (κ2) is 9.27. The Morgan fingerprint density at radius 2 is 1.41 bits per heavy atom. The Kier molecular flexibility index (Phi) is 6.45. The summed E-state index contributed by atoms with van der Waals surface area (Å²) in [7, 11) is -3.66. The molecular formula is C28H29NO2S. The van der Waals surface area contributed by atoms with E-state index in [9.17, 15) is 8.42 Å². The third kappa shape index (κ3) is 4.47. The summed E-state index contributed by atoms with van der Waals surface area (Å²) in [5.74, 6) is 0.102. The van der Waals surface area contributed by atoms with Gasteiger partial charge >= 0.3 is 0 Å². The molecule has 1 atom stereocenters. The minimum Gasteiger partial charge on any atom is -0.207 e. The van der Waals surface area contributed by atoms with Crippen LogP contribution in [0.1, 0.15) is 35.4 Å². The summed E-state index contributed by atoms with van der Waals surface area (Å²) in [4.78, 5) is 0.324. The van der Waals surface area contributed by atoms with Gasteiger partial charge in [-0.3, -0.25) is 0 Å². The number of hydrogen-bond acceptors (Lipinski definition) is 2. The molecule has 0 amide bonds. The summed E-state index contributed by atoms with van der Waals surface area (Å²) in [6.45, 7) is 10.5. The minimum absolute atomic E-state index is 0.102. The van der Waals surface area contributed by atoms with Crippen molar-refractivity contribution in [2.45, 2.75) is 36.6 Å². The largest absolute Gasteiger partial charge is 0.243 e. The minimum atomic E-state index is -3.66. The SMILES string of the molecule is C=C1C[C@@H](N(CCC(c2ccccc2)c2ccccc2)S(=O)(=O)c2ccc(C)cc2)C1=C. The Hall–Kier alpha value is -2.95. The number of rotatable bonds is 8. The van der Waals surface area contributed by atoms with Gasteiger partial charge in [0.2, 0.25) is 10.0 Å². The molecule has 3 nitrogen and oxygen atoms in total. The molecule has 0 saturated heterocycles. The van der Waals surface area contributed by atoms with Crippen LogP contribution in [0.25, 0.3) is 0 Å². The van der Waals surface area contributed by atoms with Crippen LogP contribution in [0.2, 0.25) is 0 Å². The first-order valence-electron chi connectivity index (χ1n) is 10.9. The number of benzene rings is 3. The lowest BCUT2D eigenvalue weighted by atomic mass is 9.82. The maximum atomic E-state index is 13.7. The second-order valence-corrected chi connectivity index (χ2v) is 10.3. The Bertz CT molecular complexity index is 1160. The monoisotopic (exact) mass is 443 g/mol. The molecule has 32 heavy (non-hydrogen) atoms. The van der Waals surface area contributed by atoms with E-state index in [4.69, 9.17) is 0 Å². The van der Waals surface area contributed by atoms with E-state index in [2.05, 4.69) is 37.4 Å². The van der Waals surface area contributed by atoms with Crippen molar-refractivity contribution in [3.8, 4) is 0 Å². The summed E-state index contributed by atoms with van der Waals surface area (Å²) in [5.41, 5.74) is 5.15. The fraction of sp³-hybridized carbons (Fsp3) is 0.214. The number of sulfonamides is 1. The molecule has 0 N–H and O–H groups in total. The fourth-order valence-corrected chi connectivity index (χ4v) is 5.94. The lowest BCUT2D eigenvalue weighted by molar-refractivity contribution is 0.315. The van der Waals surface area contributed by atoms with Gasteiger partial charge in [0.05, 0.1) is 10.9 Å². The molecule has 3 aromatic rings. The van der Waals surface area contributed by atoms with Gasteiger partial charge in [0.15, 0.2) is 0 Å². The molecule has 0 unspecified atom stereocenters. The van der Waals surface area contributed by atoms with E-state index in [1.165, 1.54) is 11.1 Å². The highest BCUT2D eigenvalue weighted by Gasteiger charge is 2.39. The number of aryl methyl sites for hydroxylation is 1. The third-order valence-electron chi connectivity index (χ3n) is 6.31. The van der Waals surface area contributed by atoms with Crippen molar-refractivity contribution >= 4 is 10.0 Å². The van der Waals surface area contributed by atoms with Crippen LogP contribution in [0.4, 0.5) is 0 Å². The standard InChI is InChI=1S/C28H29NO2S/c1-21-14-16-26(17-15-21)32(30,31)29(28-20-22(2)23(28)3)19-18-27(24-10-6-4-7-11-24)25-12-8-5-9-13-25/h4-17,27-28H,2-3,18-20H2,1H3/t28-/m1/s1. The van der Waals surface area contributed by atoms with Gasteiger partial charge in [-0.25, -0.2) is 8.42 Å². The molecule has 3 aromatic carbocycles. The Balaban J connectivity index is 1.66. The van der Waals surface area contributed by atoms with Crippen molar-refractivity contribution in [1.82, 2.24) is 4.31 Å². The van der Waals surface area contributed by atoms with Crippen molar-refractivity contribution in [3.05, 3.63) is 126 Å². The molecule has 1 aliphatic carbocycles. The highest BCUT2D eigenvalue weighted by atomic mass is 32.2. The van der Waals surface area contributed by atoms with E-state index in [1.807, 2.05) is 55.5 Å². The van der Waals surface area contributed by atoms with Crippen molar-refractivity contribution in [3.63, 3.8) is 0 Å². The van der Waals surface area contributed by atoms with E-state index in [1.54, 1.807) is 16.4 Å². The molecule has 164 valence electrons. The van der Waals surface area contributed by atoms with Gasteiger partial charge in [-0.15, -0.1) is 0 Å². The van der Waals surface area contributed by atoms with Crippen molar-refractivity contribution in [2.24, 2.45) is 0 Å². The Labute approximate surface area is 191 Å². The van der Waals surface area contributed by atoms with E-state index < -0.39 is 10.0 Å². The van der Waals surface area contributed by atoms with Crippen LogP contribution in [0.5, 0.6) is 0 Å². The first-order chi connectivity index (χ1) is 15.4. The van der Waals surface area contributed by atoms with E-state index in [-0.39, 0.29) is 12.0 Å². The molecule has 0 bridgehead atoms. The van der Waals surface area contributed by atoms with E-state index >= 15 is 0 Å². The zero-order valence-electron chi connectivity index (χ0n) is 18.4. The lowest BCUT2D eigenvalue weighted by Gasteiger charge is -2.40. The van der Waals surface area contributed by atoms with Crippen LogP contribution >= 0.6 is 0 Å². The molecule has 4 heteroatoms. The molecule has 0 spiro atoms. The molecule has 0 heterocycles. The predicted octanol–water partition coefficient (Wildman–Crippen LogP) is 6.09. The molecule has 1 aliphatic rings. The molecule has 1 fully saturated rings. The molecular weight excluding hydrogens is 414 g/mol. The lowest BCUT2D eigenvalue weighted by Crippen LogP contribution is -2.47. The van der Waals surface area contributed by atoms with Gasteiger partial charge < -0.3 is 0 Å². The second-order valence-electron chi connectivity index (χ2n) is 8.44. The Morgan fingerprint density at radius 3 is 1.88 bits per heavy atom. The number of nitrogens with zero attached hydrogens (tertiary/aromatic N) is 1. The highest BCUT2D eigenvalue weighted by molar-refractivity contribution is 7.89. The van der Waals surface area contributed by atoms with E-state index in [0.29, 0.717) is 24.3 Å². The molecule has 0 radical (unpaired) electrons. The van der Waals surface area contributed by atoms with Gasteiger partial charge in [-0.2, -0.15) is 4.31 Å². The predicted molar refractivity (Wildman–Crippen MR) is 131 cm³/mol. The van der Waals surface area contributed by atoms with Gasteiger partial charge in [0.1, 0.15) is 0 Å². The summed E-state index contributed by atoms with van der Waals surface area (Å²) in [6.07, 6.45) is 1.31. The third-order valence-corrected chi connectivity index (χ3v) is 8.24. The van der Waals surface area contributed by atoms with Gasteiger partial charge in [0.25, 0.3) is 0 Å². The average molecular weight is 444 g/mol. The van der Waals surface area contributed by atoms with Crippen LogP contribution in [0, 0.1) is 6.92 Å². The van der Waals surface area contributed by atoms with Crippen molar-refractivity contribution in [1.29, 1.82) is 0 Å².